The van der Waals surface area contributed by atoms with E-state index in [0.717, 1.165) is 13.0 Å². The predicted octanol–water partition coefficient (Wildman–Crippen LogP) is 0.922. The van der Waals surface area contributed by atoms with Gasteiger partial charge in [0.25, 0.3) is 0 Å². The van der Waals surface area contributed by atoms with E-state index >= 15 is 0 Å². The number of carboxylic acids is 1. The standard InChI is InChI=1S/C12H22N2O2/c1-8(2)14-6-9(12(15)16)5-11(7-14)13-10-3-4-10/h8-11,13H,3-7H2,1-2H3,(H,15,16). The SMILES string of the molecule is CC(C)N1CC(NC2CC2)CC(C(=O)O)C1. The van der Waals surface area contributed by atoms with Crippen LogP contribution in [0.5, 0.6) is 0 Å². The Morgan fingerprint density at radius 3 is 2.50 bits per heavy atom. The van der Waals surface area contributed by atoms with Gasteiger partial charge in [0.05, 0.1) is 5.92 Å². The lowest BCUT2D eigenvalue weighted by Crippen LogP contribution is -2.53. The number of aliphatic carboxylic acids is 1. The molecule has 0 spiro atoms. The number of hydrogen-bond donors (Lipinski definition) is 2. The predicted molar refractivity (Wildman–Crippen MR) is 62.4 cm³/mol. The van der Waals surface area contributed by atoms with Gasteiger partial charge in [-0.25, -0.2) is 0 Å². The fourth-order valence-corrected chi connectivity index (χ4v) is 2.44. The molecule has 0 amide bonds. The average Bonchev–Trinajstić information content (AvgIpc) is 3.01. The Balaban J connectivity index is 1.94. The summed E-state index contributed by atoms with van der Waals surface area (Å²) in [5.74, 6) is -0.847. The number of piperidine rings is 1. The number of hydrogen-bond acceptors (Lipinski definition) is 3. The number of carbonyl (C=O) groups is 1. The third-order valence-electron chi connectivity index (χ3n) is 3.61. The van der Waals surface area contributed by atoms with Crippen LogP contribution in [-0.2, 0) is 4.79 Å². The molecule has 92 valence electrons. The zero-order valence-electron chi connectivity index (χ0n) is 10.1. The summed E-state index contributed by atoms with van der Waals surface area (Å²) in [7, 11) is 0. The zero-order chi connectivity index (χ0) is 11.7. The fourth-order valence-electron chi connectivity index (χ4n) is 2.44. The Morgan fingerprint density at radius 1 is 1.31 bits per heavy atom. The third kappa shape index (κ3) is 2.95. The molecule has 1 saturated heterocycles. The number of carboxylic acid groups (broad SMARTS) is 1. The van der Waals surface area contributed by atoms with Crippen molar-refractivity contribution in [3.63, 3.8) is 0 Å². The summed E-state index contributed by atoms with van der Waals surface area (Å²) < 4.78 is 0. The van der Waals surface area contributed by atoms with Crippen molar-refractivity contribution >= 4 is 5.97 Å². The minimum atomic E-state index is -0.645. The minimum Gasteiger partial charge on any atom is -0.481 e. The number of nitrogens with one attached hydrogen (secondary N) is 1. The van der Waals surface area contributed by atoms with E-state index < -0.39 is 5.97 Å². The maximum Gasteiger partial charge on any atom is 0.307 e. The summed E-state index contributed by atoms with van der Waals surface area (Å²) >= 11 is 0. The van der Waals surface area contributed by atoms with Crippen molar-refractivity contribution in [1.82, 2.24) is 10.2 Å². The van der Waals surface area contributed by atoms with Gasteiger partial charge in [-0.05, 0) is 33.1 Å². The van der Waals surface area contributed by atoms with Crippen molar-refractivity contribution in [2.24, 2.45) is 5.92 Å². The van der Waals surface area contributed by atoms with E-state index in [0.29, 0.717) is 24.7 Å². The first-order chi connectivity index (χ1) is 7.56. The topological polar surface area (TPSA) is 52.6 Å². The number of nitrogens with zero attached hydrogens (tertiary/aromatic N) is 1. The highest BCUT2D eigenvalue weighted by Gasteiger charge is 2.35. The summed E-state index contributed by atoms with van der Waals surface area (Å²) in [6, 6.07) is 1.46. The Labute approximate surface area is 97.0 Å². The second-order valence-corrected chi connectivity index (χ2v) is 5.46. The van der Waals surface area contributed by atoms with Crippen molar-refractivity contribution in [3.05, 3.63) is 0 Å². The summed E-state index contributed by atoms with van der Waals surface area (Å²) in [6.07, 6.45) is 3.31. The van der Waals surface area contributed by atoms with Gasteiger partial charge >= 0.3 is 5.97 Å². The van der Waals surface area contributed by atoms with Crippen molar-refractivity contribution in [1.29, 1.82) is 0 Å². The van der Waals surface area contributed by atoms with Gasteiger partial charge in [0.1, 0.15) is 0 Å². The van der Waals surface area contributed by atoms with Crippen LogP contribution >= 0.6 is 0 Å². The number of rotatable bonds is 4. The molecule has 2 fully saturated rings. The molecule has 4 nitrogen and oxygen atoms in total. The molecule has 0 radical (unpaired) electrons. The molecule has 2 rings (SSSR count). The number of likely N-dealkylation sites (tertiary alicyclic amines) is 1. The normalized spacial score (nSPS) is 31.9. The molecule has 2 unspecified atom stereocenters. The van der Waals surface area contributed by atoms with E-state index in [4.69, 9.17) is 5.11 Å². The van der Waals surface area contributed by atoms with Gasteiger partial charge < -0.3 is 10.4 Å². The molecular weight excluding hydrogens is 204 g/mol. The summed E-state index contributed by atoms with van der Waals surface area (Å²) in [4.78, 5) is 13.4. The van der Waals surface area contributed by atoms with Crippen molar-refractivity contribution in [3.8, 4) is 0 Å². The maximum atomic E-state index is 11.1. The van der Waals surface area contributed by atoms with E-state index in [1.807, 2.05) is 0 Å². The van der Waals surface area contributed by atoms with Crippen LogP contribution < -0.4 is 5.32 Å². The molecule has 4 heteroatoms. The van der Waals surface area contributed by atoms with Crippen LogP contribution in [0, 0.1) is 5.92 Å². The largest absolute Gasteiger partial charge is 0.481 e. The van der Waals surface area contributed by atoms with Gasteiger partial charge in [-0.2, -0.15) is 0 Å². The van der Waals surface area contributed by atoms with E-state index in [9.17, 15) is 4.79 Å². The molecule has 1 aliphatic heterocycles. The monoisotopic (exact) mass is 226 g/mol. The van der Waals surface area contributed by atoms with Gasteiger partial charge in [0.2, 0.25) is 0 Å². The quantitative estimate of drug-likeness (QED) is 0.748. The second kappa shape index (κ2) is 4.72. The second-order valence-electron chi connectivity index (χ2n) is 5.46. The summed E-state index contributed by atoms with van der Waals surface area (Å²) in [6.45, 7) is 5.98. The smallest absolute Gasteiger partial charge is 0.307 e. The Hall–Kier alpha value is -0.610. The summed E-state index contributed by atoms with van der Waals surface area (Å²) in [5.41, 5.74) is 0. The van der Waals surface area contributed by atoms with Crippen LogP contribution in [0.25, 0.3) is 0 Å². The van der Waals surface area contributed by atoms with Crippen molar-refractivity contribution < 1.29 is 9.90 Å². The van der Waals surface area contributed by atoms with Crippen LogP contribution in [0.15, 0.2) is 0 Å². The first-order valence-corrected chi connectivity index (χ1v) is 6.29. The molecule has 2 N–H and O–H groups in total. The van der Waals surface area contributed by atoms with Gasteiger partial charge in [0, 0.05) is 31.2 Å². The van der Waals surface area contributed by atoms with Crippen LogP contribution in [0.3, 0.4) is 0 Å². The van der Waals surface area contributed by atoms with E-state index in [1.54, 1.807) is 0 Å². The molecule has 0 aromatic heterocycles. The first-order valence-electron chi connectivity index (χ1n) is 6.29. The van der Waals surface area contributed by atoms with Crippen LogP contribution in [0.2, 0.25) is 0 Å². The average molecular weight is 226 g/mol. The molecule has 0 bridgehead atoms. The van der Waals surface area contributed by atoms with Gasteiger partial charge in [-0.15, -0.1) is 0 Å². The van der Waals surface area contributed by atoms with Crippen molar-refractivity contribution in [2.75, 3.05) is 13.1 Å². The molecule has 0 aromatic carbocycles. The zero-order valence-corrected chi connectivity index (χ0v) is 10.1. The molecule has 16 heavy (non-hydrogen) atoms. The lowest BCUT2D eigenvalue weighted by Gasteiger charge is -2.39. The highest BCUT2D eigenvalue weighted by atomic mass is 16.4. The fraction of sp³-hybridized carbons (Fsp3) is 0.917. The van der Waals surface area contributed by atoms with E-state index in [1.165, 1.54) is 12.8 Å². The minimum absolute atomic E-state index is 0.201. The van der Waals surface area contributed by atoms with Crippen molar-refractivity contribution in [2.45, 2.75) is 51.2 Å². The van der Waals surface area contributed by atoms with Crippen LogP contribution in [0.1, 0.15) is 33.1 Å². The Morgan fingerprint density at radius 2 is 2.00 bits per heavy atom. The lowest BCUT2D eigenvalue weighted by atomic mass is 9.93. The lowest BCUT2D eigenvalue weighted by molar-refractivity contribution is -0.144. The molecule has 1 saturated carbocycles. The molecule has 2 aliphatic rings. The highest BCUT2D eigenvalue weighted by molar-refractivity contribution is 5.70. The van der Waals surface area contributed by atoms with Gasteiger partial charge in [-0.3, -0.25) is 9.69 Å². The van der Waals surface area contributed by atoms with Gasteiger partial charge in [0.15, 0.2) is 0 Å². The third-order valence-corrected chi connectivity index (χ3v) is 3.61. The molecule has 1 aliphatic carbocycles. The van der Waals surface area contributed by atoms with Crippen LogP contribution in [0.4, 0.5) is 0 Å². The summed E-state index contributed by atoms with van der Waals surface area (Å²) in [5, 5.41) is 12.7. The van der Waals surface area contributed by atoms with E-state index in [-0.39, 0.29) is 5.92 Å². The highest BCUT2D eigenvalue weighted by Crippen LogP contribution is 2.24. The Kier molecular flexibility index (Phi) is 3.50. The Bertz CT molecular complexity index is 264. The molecule has 1 heterocycles. The van der Waals surface area contributed by atoms with Crippen LogP contribution in [-0.4, -0.2) is 47.2 Å². The molecule has 2 atom stereocenters. The van der Waals surface area contributed by atoms with E-state index in [2.05, 4.69) is 24.1 Å². The van der Waals surface area contributed by atoms with Gasteiger partial charge in [-0.1, -0.05) is 0 Å². The maximum absolute atomic E-state index is 11.1. The molecular formula is C12H22N2O2. The molecule has 0 aromatic rings. The first kappa shape index (κ1) is 11.9.